The monoisotopic (exact) mass is 388 g/mol. The first-order chi connectivity index (χ1) is 13.2. The summed E-state index contributed by atoms with van der Waals surface area (Å²) in [5, 5.41) is 10.6. The second-order valence-corrected chi connectivity index (χ2v) is 9.84. The van der Waals surface area contributed by atoms with Crippen molar-refractivity contribution >= 4 is 17.5 Å². The smallest absolute Gasteiger partial charge is 0.302 e. The van der Waals surface area contributed by atoms with Gasteiger partial charge in [0, 0.05) is 19.3 Å². The third kappa shape index (κ3) is 2.65. The zero-order chi connectivity index (χ0) is 20.3. The first-order valence-corrected chi connectivity index (χ1v) is 10.8. The zero-order valence-electron chi connectivity index (χ0n) is 17.2. The molecule has 0 spiro atoms. The number of rotatable bonds is 3. The topological polar surface area (TPSA) is 80.7 Å². The summed E-state index contributed by atoms with van der Waals surface area (Å²) in [6.07, 6.45) is 6.93. The van der Waals surface area contributed by atoms with Crippen LogP contribution < -0.4 is 0 Å². The van der Waals surface area contributed by atoms with E-state index < -0.39 is 17.5 Å². The van der Waals surface area contributed by atoms with Gasteiger partial charge in [0.15, 0.2) is 5.78 Å². The Bertz CT molecular complexity index is 739. The van der Waals surface area contributed by atoms with Crippen molar-refractivity contribution in [2.24, 2.45) is 34.5 Å². The quantitative estimate of drug-likeness (QED) is 0.751. The number of aliphatic hydroxyl groups excluding tert-OH is 1. The molecular weight excluding hydrogens is 356 g/mol. The van der Waals surface area contributed by atoms with E-state index in [2.05, 4.69) is 6.92 Å². The minimum Gasteiger partial charge on any atom is -0.461 e. The SMILES string of the molecule is CC(=O)OC1CC(=O)C=C2CC[C@H]3[C@@H]4CC[C@H](C(C)=O)[C@@]4(C)CC[C@@H]3[C@]21CO. The molecule has 0 aromatic carbocycles. The Morgan fingerprint density at radius 1 is 1.18 bits per heavy atom. The van der Waals surface area contributed by atoms with Crippen LogP contribution in [0.3, 0.4) is 0 Å². The van der Waals surface area contributed by atoms with Gasteiger partial charge in [-0.2, -0.15) is 0 Å². The predicted molar refractivity (Wildman–Crippen MR) is 103 cm³/mol. The van der Waals surface area contributed by atoms with Crippen LogP contribution in [0, 0.1) is 34.5 Å². The van der Waals surface area contributed by atoms with Crippen LogP contribution in [-0.2, 0) is 19.1 Å². The number of fused-ring (bicyclic) bond motifs is 5. The van der Waals surface area contributed by atoms with E-state index in [1.54, 1.807) is 13.0 Å². The molecule has 0 aromatic heterocycles. The highest BCUT2D eigenvalue weighted by atomic mass is 16.5. The molecule has 4 aliphatic carbocycles. The first kappa shape index (κ1) is 19.8. The van der Waals surface area contributed by atoms with Gasteiger partial charge >= 0.3 is 5.97 Å². The maximum Gasteiger partial charge on any atom is 0.302 e. The van der Waals surface area contributed by atoms with Gasteiger partial charge in [0.2, 0.25) is 0 Å². The van der Waals surface area contributed by atoms with Gasteiger partial charge in [0.1, 0.15) is 11.9 Å². The van der Waals surface area contributed by atoms with Crippen LogP contribution in [0.1, 0.15) is 65.7 Å². The van der Waals surface area contributed by atoms with E-state index in [-0.39, 0.29) is 36.1 Å². The minimum absolute atomic E-state index is 0.0121. The van der Waals surface area contributed by atoms with Crippen molar-refractivity contribution in [3.8, 4) is 0 Å². The number of esters is 1. The highest BCUT2D eigenvalue weighted by molar-refractivity contribution is 5.92. The van der Waals surface area contributed by atoms with E-state index >= 15 is 0 Å². The number of carbonyl (C=O) groups is 3. The summed E-state index contributed by atoms with van der Waals surface area (Å²) in [7, 11) is 0. The molecule has 5 nitrogen and oxygen atoms in total. The van der Waals surface area contributed by atoms with Crippen LogP contribution in [0.2, 0.25) is 0 Å². The zero-order valence-corrected chi connectivity index (χ0v) is 17.2. The average molecular weight is 389 g/mol. The van der Waals surface area contributed by atoms with Crippen molar-refractivity contribution < 1.29 is 24.2 Å². The highest BCUT2D eigenvalue weighted by Crippen LogP contribution is 2.66. The Kier molecular flexibility index (Phi) is 4.80. The van der Waals surface area contributed by atoms with Gasteiger partial charge in [-0.3, -0.25) is 14.4 Å². The molecule has 4 rings (SSSR count). The molecule has 0 saturated heterocycles. The fraction of sp³-hybridized carbons (Fsp3) is 0.783. The van der Waals surface area contributed by atoms with Gasteiger partial charge < -0.3 is 9.84 Å². The van der Waals surface area contributed by atoms with Crippen LogP contribution in [0.5, 0.6) is 0 Å². The molecule has 4 aliphatic rings. The molecule has 1 unspecified atom stereocenters. The van der Waals surface area contributed by atoms with E-state index in [1.807, 2.05) is 0 Å². The van der Waals surface area contributed by atoms with Crippen LogP contribution in [0.4, 0.5) is 0 Å². The second-order valence-electron chi connectivity index (χ2n) is 9.84. The van der Waals surface area contributed by atoms with Crippen molar-refractivity contribution in [1.29, 1.82) is 0 Å². The summed E-state index contributed by atoms with van der Waals surface area (Å²) in [4.78, 5) is 36.4. The Morgan fingerprint density at radius 2 is 1.93 bits per heavy atom. The predicted octanol–water partition coefficient (Wildman–Crippen LogP) is 3.24. The first-order valence-electron chi connectivity index (χ1n) is 10.8. The molecule has 28 heavy (non-hydrogen) atoms. The van der Waals surface area contributed by atoms with Gasteiger partial charge in [-0.25, -0.2) is 0 Å². The number of ketones is 2. The lowest BCUT2D eigenvalue weighted by atomic mass is 9.45. The number of hydrogen-bond acceptors (Lipinski definition) is 5. The lowest BCUT2D eigenvalue weighted by Crippen LogP contribution is -2.59. The molecule has 0 heterocycles. The molecule has 7 atom stereocenters. The van der Waals surface area contributed by atoms with E-state index in [4.69, 9.17) is 4.74 Å². The van der Waals surface area contributed by atoms with Crippen LogP contribution in [0.25, 0.3) is 0 Å². The van der Waals surface area contributed by atoms with E-state index in [1.165, 1.54) is 6.92 Å². The fourth-order valence-electron chi connectivity index (χ4n) is 7.73. The van der Waals surface area contributed by atoms with Gasteiger partial charge in [0.25, 0.3) is 0 Å². The summed E-state index contributed by atoms with van der Waals surface area (Å²) < 4.78 is 5.66. The Hall–Kier alpha value is -1.49. The lowest BCUT2D eigenvalue weighted by molar-refractivity contribution is -0.171. The molecule has 0 amide bonds. The van der Waals surface area contributed by atoms with E-state index in [0.29, 0.717) is 17.6 Å². The maximum atomic E-state index is 12.3. The number of hydrogen-bond donors (Lipinski definition) is 1. The maximum absolute atomic E-state index is 12.3. The Labute approximate surface area is 166 Å². The fourth-order valence-corrected chi connectivity index (χ4v) is 7.73. The van der Waals surface area contributed by atoms with Gasteiger partial charge in [-0.1, -0.05) is 12.5 Å². The molecule has 0 radical (unpaired) electrons. The van der Waals surface area contributed by atoms with Crippen LogP contribution >= 0.6 is 0 Å². The second kappa shape index (κ2) is 6.79. The van der Waals surface area contributed by atoms with Crippen molar-refractivity contribution in [1.82, 2.24) is 0 Å². The standard InChI is InChI=1S/C23H32O5/c1-13(25)18-6-7-19-17-5-4-15-10-16(27)11-21(28-14(2)26)23(15,12-24)20(17)8-9-22(18,19)3/h10,17-21,24H,4-9,11-12H2,1-3H3/t17-,18+,19-,20-,21?,22+,23-/m0/s1. The summed E-state index contributed by atoms with van der Waals surface area (Å²) in [6.45, 7) is 5.30. The van der Waals surface area contributed by atoms with Gasteiger partial charge in [0.05, 0.1) is 12.0 Å². The third-order valence-electron chi connectivity index (χ3n) is 8.80. The summed E-state index contributed by atoms with van der Waals surface area (Å²) in [6, 6.07) is 0. The highest BCUT2D eigenvalue weighted by Gasteiger charge is 2.63. The lowest BCUT2D eigenvalue weighted by Gasteiger charge is -2.59. The molecule has 3 saturated carbocycles. The largest absolute Gasteiger partial charge is 0.461 e. The molecule has 0 bridgehead atoms. The molecule has 3 fully saturated rings. The van der Waals surface area contributed by atoms with Crippen molar-refractivity contribution in [3.05, 3.63) is 11.6 Å². The molecule has 1 N–H and O–H groups in total. The van der Waals surface area contributed by atoms with Crippen molar-refractivity contribution in [2.45, 2.75) is 71.8 Å². The Morgan fingerprint density at radius 3 is 2.57 bits per heavy atom. The van der Waals surface area contributed by atoms with Gasteiger partial charge in [-0.15, -0.1) is 0 Å². The molecule has 154 valence electrons. The summed E-state index contributed by atoms with van der Waals surface area (Å²) >= 11 is 0. The molecular formula is C23H32O5. The third-order valence-corrected chi connectivity index (χ3v) is 8.80. The molecule has 5 heteroatoms. The van der Waals surface area contributed by atoms with Crippen molar-refractivity contribution in [3.63, 3.8) is 0 Å². The van der Waals surface area contributed by atoms with Crippen LogP contribution in [-0.4, -0.2) is 35.4 Å². The average Bonchev–Trinajstić information content (AvgIpc) is 2.98. The number of aliphatic hydroxyl groups is 1. The normalized spacial score (nSPS) is 44.8. The van der Waals surface area contributed by atoms with E-state index in [9.17, 15) is 19.5 Å². The minimum atomic E-state index is -0.641. The van der Waals surface area contributed by atoms with E-state index in [0.717, 1.165) is 44.1 Å². The van der Waals surface area contributed by atoms with Gasteiger partial charge in [-0.05, 0) is 74.7 Å². The number of ether oxygens (including phenoxy) is 1. The molecule has 0 aromatic rings. The number of Topliss-reactive ketones (excluding diaryl/α,β-unsaturated/α-hetero) is 1. The van der Waals surface area contributed by atoms with Crippen LogP contribution in [0.15, 0.2) is 11.6 Å². The summed E-state index contributed by atoms with van der Waals surface area (Å²) in [5.41, 5.74) is 0.369. The molecule has 0 aliphatic heterocycles. The summed E-state index contributed by atoms with van der Waals surface area (Å²) in [5.74, 6) is 1.09. The van der Waals surface area contributed by atoms with Crippen molar-refractivity contribution in [2.75, 3.05) is 6.61 Å². The Balaban J connectivity index is 1.74. The number of carbonyl (C=O) groups excluding carboxylic acids is 3.